The first kappa shape index (κ1) is 21.1. The fourth-order valence-electron chi connectivity index (χ4n) is 4.06. The summed E-state index contributed by atoms with van der Waals surface area (Å²) in [6.07, 6.45) is 3.20. The summed E-state index contributed by atoms with van der Waals surface area (Å²) in [4.78, 5) is 26.4. The third-order valence-electron chi connectivity index (χ3n) is 5.76. The van der Waals surface area contributed by atoms with Crippen molar-refractivity contribution in [1.82, 2.24) is 20.0 Å². The van der Waals surface area contributed by atoms with Crippen LogP contribution in [0.3, 0.4) is 0 Å². The number of morpholine rings is 1. The van der Waals surface area contributed by atoms with Gasteiger partial charge in [-0.25, -0.2) is 10.4 Å². The Labute approximate surface area is 191 Å². The number of carbonyl (C=O) groups is 1. The van der Waals surface area contributed by atoms with Crippen molar-refractivity contribution in [3.63, 3.8) is 0 Å². The molecule has 0 bridgehead atoms. The van der Waals surface area contributed by atoms with Crippen molar-refractivity contribution in [2.45, 2.75) is 26.9 Å². The van der Waals surface area contributed by atoms with Crippen LogP contribution < -0.4 is 10.3 Å². The van der Waals surface area contributed by atoms with E-state index in [1.54, 1.807) is 18.0 Å². The number of benzene rings is 1. The number of hydrogen-bond acceptors (Lipinski definition) is 9. The van der Waals surface area contributed by atoms with Crippen LogP contribution in [0.5, 0.6) is 0 Å². The minimum Gasteiger partial charge on any atom is -0.378 e. The van der Waals surface area contributed by atoms with Crippen LogP contribution in [0.1, 0.15) is 38.5 Å². The molecule has 1 N–H and O–H groups in total. The molecular weight excluding hydrogens is 422 g/mol. The van der Waals surface area contributed by atoms with E-state index in [1.807, 2.05) is 31.2 Å². The van der Waals surface area contributed by atoms with Crippen molar-refractivity contribution in [3.8, 4) is 0 Å². The molecule has 0 unspecified atom stereocenters. The Hall–Kier alpha value is -3.79. The SMILES string of the molecule is Cc1cccc(/C=N/Nc2nc3c(c(N4CCOCC4)n2)CN(C(=O)c2cnoc2C)C3)c1. The number of aryl methyl sites for hydroxylation is 2. The molecule has 2 aromatic heterocycles. The number of fused-ring (bicyclic) bond motifs is 1. The van der Waals surface area contributed by atoms with Crippen molar-refractivity contribution in [1.29, 1.82) is 0 Å². The predicted molar refractivity (Wildman–Crippen MR) is 122 cm³/mol. The smallest absolute Gasteiger partial charge is 0.259 e. The van der Waals surface area contributed by atoms with Crippen LogP contribution in [-0.4, -0.2) is 58.4 Å². The molecule has 0 saturated carbocycles. The Morgan fingerprint density at radius 2 is 2.03 bits per heavy atom. The van der Waals surface area contributed by atoms with Crippen LogP contribution in [0.25, 0.3) is 0 Å². The van der Waals surface area contributed by atoms with E-state index in [-0.39, 0.29) is 5.91 Å². The van der Waals surface area contributed by atoms with E-state index >= 15 is 0 Å². The lowest BCUT2D eigenvalue weighted by molar-refractivity contribution is 0.0748. The monoisotopic (exact) mass is 447 g/mol. The van der Waals surface area contributed by atoms with Gasteiger partial charge in [0.25, 0.3) is 5.91 Å². The van der Waals surface area contributed by atoms with E-state index < -0.39 is 0 Å². The first-order valence-corrected chi connectivity index (χ1v) is 10.9. The molecule has 1 fully saturated rings. The number of carbonyl (C=O) groups excluding carboxylic acids is 1. The lowest BCUT2D eigenvalue weighted by Gasteiger charge is -2.29. The van der Waals surface area contributed by atoms with Crippen molar-refractivity contribution < 1.29 is 14.1 Å². The average Bonchev–Trinajstić information content (AvgIpc) is 3.45. The molecule has 4 heterocycles. The van der Waals surface area contributed by atoms with Gasteiger partial charge in [-0.05, 0) is 19.4 Å². The zero-order valence-electron chi connectivity index (χ0n) is 18.6. The minimum absolute atomic E-state index is 0.133. The maximum absolute atomic E-state index is 13.0. The summed E-state index contributed by atoms with van der Waals surface area (Å²) >= 11 is 0. The van der Waals surface area contributed by atoms with E-state index in [0.717, 1.165) is 41.3 Å². The number of aromatic nitrogens is 3. The molecule has 0 atom stereocenters. The highest BCUT2D eigenvalue weighted by Crippen LogP contribution is 2.32. The van der Waals surface area contributed by atoms with Gasteiger partial charge >= 0.3 is 0 Å². The fraction of sp³-hybridized carbons (Fsp3) is 0.348. The van der Waals surface area contributed by atoms with Gasteiger partial charge in [0, 0.05) is 18.7 Å². The fourth-order valence-corrected chi connectivity index (χ4v) is 4.06. The molecule has 0 radical (unpaired) electrons. The van der Waals surface area contributed by atoms with Crippen LogP contribution in [0, 0.1) is 13.8 Å². The van der Waals surface area contributed by atoms with E-state index in [1.165, 1.54) is 6.20 Å². The second-order valence-corrected chi connectivity index (χ2v) is 8.14. The van der Waals surface area contributed by atoms with Crippen molar-refractivity contribution in [3.05, 3.63) is 64.2 Å². The molecule has 0 aliphatic carbocycles. The van der Waals surface area contributed by atoms with E-state index in [2.05, 4.69) is 25.6 Å². The number of amides is 1. The van der Waals surface area contributed by atoms with Crippen molar-refractivity contribution >= 4 is 23.9 Å². The maximum Gasteiger partial charge on any atom is 0.259 e. The van der Waals surface area contributed by atoms with Gasteiger partial charge in [0.2, 0.25) is 5.95 Å². The van der Waals surface area contributed by atoms with Crippen LogP contribution in [-0.2, 0) is 17.8 Å². The molecule has 10 nitrogen and oxygen atoms in total. The maximum atomic E-state index is 13.0. The Balaban J connectivity index is 1.41. The summed E-state index contributed by atoms with van der Waals surface area (Å²) in [5, 5.41) is 8.06. The Morgan fingerprint density at radius 1 is 1.18 bits per heavy atom. The molecule has 1 aromatic carbocycles. The van der Waals surface area contributed by atoms with Gasteiger partial charge in [-0.15, -0.1) is 0 Å². The average molecular weight is 447 g/mol. The largest absolute Gasteiger partial charge is 0.378 e. The zero-order chi connectivity index (χ0) is 22.8. The number of nitrogens with one attached hydrogen (secondary N) is 1. The van der Waals surface area contributed by atoms with E-state index in [9.17, 15) is 4.79 Å². The molecule has 1 saturated heterocycles. The van der Waals surface area contributed by atoms with Gasteiger partial charge in [0.05, 0.1) is 44.4 Å². The number of ether oxygens (including phenoxy) is 1. The normalized spacial score (nSPS) is 15.8. The zero-order valence-corrected chi connectivity index (χ0v) is 18.6. The van der Waals surface area contributed by atoms with Crippen LogP contribution in [0.15, 0.2) is 40.1 Å². The summed E-state index contributed by atoms with van der Waals surface area (Å²) in [7, 11) is 0. The highest BCUT2D eigenvalue weighted by atomic mass is 16.5. The molecule has 170 valence electrons. The van der Waals surface area contributed by atoms with Gasteiger partial charge in [-0.3, -0.25) is 4.79 Å². The van der Waals surface area contributed by atoms with Gasteiger partial charge < -0.3 is 19.1 Å². The minimum atomic E-state index is -0.133. The Morgan fingerprint density at radius 3 is 2.79 bits per heavy atom. The lowest BCUT2D eigenvalue weighted by atomic mass is 10.2. The Bertz CT molecular complexity index is 1200. The summed E-state index contributed by atoms with van der Waals surface area (Å²) in [5.41, 5.74) is 7.33. The van der Waals surface area contributed by atoms with Crippen LogP contribution >= 0.6 is 0 Å². The molecule has 1 amide bonds. The topological polar surface area (TPSA) is 109 Å². The van der Waals surface area contributed by atoms with Gasteiger partial charge in [0.1, 0.15) is 17.1 Å². The number of anilines is 2. The standard InChI is InChI=1S/C23H25N7O3/c1-15-4-3-5-17(10-15)11-24-28-23-26-20-14-30(22(31)18-12-25-33-16(18)2)13-19(20)21(27-23)29-6-8-32-9-7-29/h3-5,10-12H,6-9,13-14H2,1-2H3,(H,26,27,28)/b24-11+. The third kappa shape index (κ3) is 4.42. The lowest BCUT2D eigenvalue weighted by Crippen LogP contribution is -2.37. The molecule has 0 spiro atoms. The van der Waals surface area contributed by atoms with Crippen LogP contribution in [0.4, 0.5) is 11.8 Å². The number of hydrazone groups is 1. The van der Waals surface area contributed by atoms with Gasteiger partial charge in [-0.1, -0.05) is 35.0 Å². The highest BCUT2D eigenvalue weighted by molar-refractivity contribution is 5.95. The third-order valence-corrected chi connectivity index (χ3v) is 5.76. The van der Waals surface area contributed by atoms with E-state index in [4.69, 9.17) is 14.2 Å². The molecule has 5 rings (SSSR count). The number of rotatable bonds is 5. The summed E-state index contributed by atoms with van der Waals surface area (Å²) in [6.45, 7) is 7.31. The first-order valence-electron chi connectivity index (χ1n) is 10.9. The molecule has 10 heteroatoms. The summed E-state index contributed by atoms with van der Waals surface area (Å²) in [6, 6.07) is 8.06. The first-order chi connectivity index (χ1) is 16.1. The van der Waals surface area contributed by atoms with Gasteiger partial charge in [0.15, 0.2) is 0 Å². The summed E-state index contributed by atoms with van der Waals surface area (Å²) < 4.78 is 10.6. The molecule has 33 heavy (non-hydrogen) atoms. The molecular formula is C23H25N7O3. The Kier molecular flexibility index (Phi) is 5.74. The number of nitrogens with zero attached hydrogens (tertiary/aromatic N) is 6. The second-order valence-electron chi connectivity index (χ2n) is 8.14. The predicted octanol–water partition coefficient (Wildman–Crippen LogP) is 2.52. The number of hydrogen-bond donors (Lipinski definition) is 1. The molecule has 2 aliphatic heterocycles. The van der Waals surface area contributed by atoms with Crippen molar-refractivity contribution in [2.24, 2.45) is 5.10 Å². The van der Waals surface area contributed by atoms with E-state index in [0.29, 0.717) is 43.6 Å². The second kappa shape index (κ2) is 8.99. The summed E-state index contributed by atoms with van der Waals surface area (Å²) in [5.74, 6) is 1.58. The van der Waals surface area contributed by atoms with Crippen LogP contribution in [0.2, 0.25) is 0 Å². The van der Waals surface area contributed by atoms with Gasteiger partial charge in [-0.2, -0.15) is 10.1 Å². The highest BCUT2D eigenvalue weighted by Gasteiger charge is 2.32. The quantitative estimate of drug-likeness (QED) is 0.469. The molecule has 2 aliphatic rings. The molecule has 3 aromatic rings. The van der Waals surface area contributed by atoms with Crippen molar-refractivity contribution in [2.75, 3.05) is 36.6 Å².